The van der Waals surface area contributed by atoms with Crippen molar-refractivity contribution in [1.29, 1.82) is 0 Å². The molecule has 28 heavy (non-hydrogen) atoms. The van der Waals surface area contributed by atoms with Crippen molar-refractivity contribution in [1.82, 2.24) is 19.8 Å². The van der Waals surface area contributed by atoms with Gasteiger partial charge in [0.25, 0.3) is 5.91 Å². The fourth-order valence-corrected chi connectivity index (χ4v) is 3.27. The van der Waals surface area contributed by atoms with Gasteiger partial charge in [0.2, 0.25) is 0 Å². The van der Waals surface area contributed by atoms with Gasteiger partial charge in [0.15, 0.2) is 11.3 Å². The monoisotopic (exact) mass is 371 g/mol. The molecular formula is C22H21N5O. The van der Waals surface area contributed by atoms with Crippen molar-refractivity contribution in [2.75, 3.05) is 5.32 Å². The molecule has 0 aliphatic rings. The van der Waals surface area contributed by atoms with Crippen LogP contribution in [0.2, 0.25) is 0 Å². The Bertz CT molecular complexity index is 1190. The molecule has 0 unspecified atom stereocenters. The molecule has 2 aromatic carbocycles. The van der Waals surface area contributed by atoms with Crippen molar-refractivity contribution in [2.45, 2.75) is 27.7 Å². The van der Waals surface area contributed by atoms with E-state index in [0.29, 0.717) is 11.3 Å². The number of carbonyl (C=O) groups is 1. The molecule has 0 aliphatic heterocycles. The Morgan fingerprint density at radius 1 is 0.929 bits per heavy atom. The lowest BCUT2D eigenvalue weighted by molar-refractivity contribution is 0.102. The summed E-state index contributed by atoms with van der Waals surface area (Å²) in [5.41, 5.74) is 7.37. The van der Waals surface area contributed by atoms with E-state index in [1.807, 2.05) is 76.2 Å². The van der Waals surface area contributed by atoms with E-state index in [1.165, 1.54) is 5.56 Å². The van der Waals surface area contributed by atoms with E-state index >= 15 is 0 Å². The lowest BCUT2D eigenvalue weighted by Crippen LogP contribution is -2.18. The number of fused-ring (bicyclic) bond motifs is 1. The van der Waals surface area contributed by atoms with Crippen LogP contribution in [0.4, 0.5) is 5.69 Å². The topological polar surface area (TPSA) is 72.2 Å². The summed E-state index contributed by atoms with van der Waals surface area (Å²) in [6.45, 7) is 7.82. The Hall–Kier alpha value is -3.54. The first-order valence-corrected chi connectivity index (χ1v) is 9.12. The van der Waals surface area contributed by atoms with Gasteiger partial charge in [-0.2, -0.15) is 5.10 Å². The first-order valence-electron chi connectivity index (χ1n) is 9.12. The Labute approximate surface area is 163 Å². The first-order chi connectivity index (χ1) is 13.5. The summed E-state index contributed by atoms with van der Waals surface area (Å²) in [4.78, 5) is 12.8. The van der Waals surface area contributed by atoms with Crippen LogP contribution in [0.3, 0.4) is 0 Å². The molecule has 0 saturated heterocycles. The average molecular weight is 371 g/mol. The SMILES string of the molecule is Cc1ccc(NC(=O)c2nnc3c(-c4ccccc4)c(C)nn3c2C)cc1C. The van der Waals surface area contributed by atoms with Crippen LogP contribution >= 0.6 is 0 Å². The van der Waals surface area contributed by atoms with E-state index in [1.54, 1.807) is 4.52 Å². The van der Waals surface area contributed by atoms with Gasteiger partial charge in [-0.1, -0.05) is 36.4 Å². The van der Waals surface area contributed by atoms with Gasteiger partial charge < -0.3 is 5.32 Å². The lowest BCUT2D eigenvalue weighted by atomic mass is 10.1. The standard InChI is InChI=1S/C22H21N5O/c1-13-10-11-18(12-14(13)2)23-22(28)20-16(4)27-21(25-24-20)19(15(3)26-27)17-8-6-5-7-9-17/h5-12H,1-4H3,(H,23,28). The van der Waals surface area contributed by atoms with Crippen molar-refractivity contribution in [3.63, 3.8) is 0 Å². The van der Waals surface area contributed by atoms with E-state index in [-0.39, 0.29) is 11.6 Å². The van der Waals surface area contributed by atoms with Gasteiger partial charge >= 0.3 is 0 Å². The highest BCUT2D eigenvalue weighted by atomic mass is 16.2. The van der Waals surface area contributed by atoms with Crippen LogP contribution in [0, 0.1) is 27.7 Å². The summed E-state index contributed by atoms with van der Waals surface area (Å²) in [6, 6.07) is 15.8. The third-order valence-corrected chi connectivity index (χ3v) is 4.98. The lowest BCUT2D eigenvalue weighted by Gasteiger charge is -2.09. The molecule has 6 heteroatoms. The van der Waals surface area contributed by atoms with Gasteiger partial charge in [-0.15, -0.1) is 10.2 Å². The Balaban J connectivity index is 1.74. The van der Waals surface area contributed by atoms with Crippen LogP contribution in [-0.4, -0.2) is 25.7 Å². The second kappa shape index (κ2) is 6.88. The molecule has 0 radical (unpaired) electrons. The maximum Gasteiger partial charge on any atom is 0.278 e. The van der Waals surface area contributed by atoms with Gasteiger partial charge in [-0.3, -0.25) is 4.79 Å². The van der Waals surface area contributed by atoms with E-state index in [0.717, 1.165) is 28.1 Å². The minimum Gasteiger partial charge on any atom is -0.321 e. The highest BCUT2D eigenvalue weighted by Crippen LogP contribution is 2.27. The summed E-state index contributed by atoms with van der Waals surface area (Å²) < 4.78 is 1.69. The molecule has 2 aromatic heterocycles. The number of aromatic nitrogens is 4. The number of hydrogen-bond donors (Lipinski definition) is 1. The number of rotatable bonds is 3. The smallest absolute Gasteiger partial charge is 0.278 e. The van der Waals surface area contributed by atoms with Crippen LogP contribution in [-0.2, 0) is 0 Å². The number of anilines is 1. The Morgan fingerprint density at radius 2 is 1.68 bits per heavy atom. The molecule has 0 fully saturated rings. The molecule has 6 nitrogen and oxygen atoms in total. The normalized spacial score (nSPS) is 11.0. The summed E-state index contributed by atoms with van der Waals surface area (Å²) in [5.74, 6) is -0.301. The average Bonchev–Trinajstić information content (AvgIpc) is 3.02. The third-order valence-electron chi connectivity index (χ3n) is 4.98. The Morgan fingerprint density at radius 3 is 2.39 bits per heavy atom. The molecule has 140 valence electrons. The molecule has 1 amide bonds. The first kappa shape index (κ1) is 17.9. The van der Waals surface area contributed by atoms with Crippen LogP contribution in [0.1, 0.15) is 33.0 Å². The fraction of sp³-hybridized carbons (Fsp3) is 0.182. The zero-order valence-corrected chi connectivity index (χ0v) is 16.3. The van der Waals surface area contributed by atoms with Gasteiger partial charge in [-0.25, -0.2) is 4.52 Å². The molecule has 4 rings (SSSR count). The maximum atomic E-state index is 12.8. The quantitative estimate of drug-likeness (QED) is 0.583. The molecule has 0 aliphatic carbocycles. The summed E-state index contributed by atoms with van der Waals surface area (Å²) >= 11 is 0. The van der Waals surface area contributed by atoms with Gasteiger partial charge in [-0.05, 0) is 56.5 Å². The number of aryl methyl sites for hydroxylation is 4. The number of hydrogen-bond acceptors (Lipinski definition) is 4. The van der Waals surface area contributed by atoms with E-state index in [9.17, 15) is 4.79 Å². The molecule has 0 bridgehead atoms. The number of nitrogens with one attached hydrogen (secondary N) is 1. The van der Waals surface area contributed by atoms with Crippen LogP contribution in [0.25, 0.3) is 16.8 Å². The van der Waals surface area contributed by atoms with E-state index in [4.69, 9.17) is 0 Å². The fourth-order valence-electron chi connectivity index (χ4n) is 3.27. The predicted octanol–water partition coefficient (Wildman–Crippen LogP) is 4.28. The zero-order chi connectivity index (χ0) is 19.8. The van der Waals surface area contributed by atoms with Gasteiger partial charge in [0.1, 0.15) is 0 Å². The minimum atomic E-state index is -0.301. The maximum absolute atomic E-state index is 12.8. The number of carbonyl (C=O) groups excluding carboxylic acids is 1. The van der Waals surface area contributed by atoms with Crippen molar-refractivity contribution < 1.29 is 4.79 Å². The summed E-state index contributed by atoms with van der Waals surface area (Å²) in [7, 11) is 0. The summed E-state index contributed by atoms with van der Waals surface area (Å²) in [5, 5.41) is 16.0. The number of benzene rings is 2. The minimum absolute atomic E-state index is 0.257. The Kier molecular flexibility index (Phi) is 4.39. The second-order valence-corrected chi connectivity index (χ2v) is 6.95. The van der Waals surface area contributed by atoms with Crippen molar-refractivity contribution in [3.8, 4) is 11.1 Å². The van der Waals surface area contributed by atoms with Gasteiger partial charge in [0.05, 0.1) is 17.0 Å². The van der Waals surface area contributed by atoms with Crippen molar-refractivity contribution in [2.24, 2.45) is 0 Å². The molecule has 2 heterocycles. The van der Waals surface area contributed by atoms with Crippen LogP contribution in [0.5, 0.6) is 0 Å². The molecule has 4 aromatic rings. The van der Waals surface area contributed by atoms with Crippen molar-refractivity contribution in [3.05, 3.63) is 76.7 Å². The molecular weight excluding hydrogens is 350 g/mol. The number of amides is 1. The molecule has 0 spiro atoms. The van der Waals surface area contributed by atoms with Gasteiger partial charge in [0, 0.05) is 5.69 Å². The van der Waals surface area contributed by atoms with Crippen LogP contribution in [0.15, 0.2) is 48.5 Å². The zero-order valence-electron chi connectivity index (χ0n) is 16.3. The highest BCUT2D eigenvalue weighted by molar-refractivity contribution is 6.03. The predicted molar refractivity (Wildman–Crippen MR) is 110 cm³/mol. The van der Waals surface area contributed by atoms with E-state index < -0.39 is 0 Å². The molecule has 0 atom stereocenters. The summed E-state index contributed by atoms with van der Waals surface area (Å²) in [6.07, 6.45) is 0. The van der Waals surface area contributed by atoms with Crippen LogP contribution < -0.4 is 5.32 Å². The third kappa shape index (κ3) is 3.03. The van der Waals surface area contributed by atoms with E-state index in [2.05, 4.69) is 20.6 Å². The largest absolute Gasteiger partial charge is 0.321 e. The highest BCUT2D eigenvalue weighted by Gasteiger charge is 2.20. The second-order valence-electron chi connectivity index (χ2n) is 6.95. The number of nitrogens with zero attached hydrogens (tertiary/aromatic N) is 4. The molecule has 1 N–H and O–H groups in total. The molecule has 0 saturated carbocycles. The van der Waals surface area contributed by atoms with Crippen molar-refractivity contribution >= 4 is 17.2 Å².